The van der Waals surface area contributed by atoms with Crippen LogP contribution >= 0.6 is 0 Å². The van der Waals surface area contributed by atoms with Gasteiger partial charge in [-0.1, -0.05) is 35.9 Å². The van der Waals surface area contributed by atoms with E-state index < -0.39 is 0 Å². The minimum atomic E-state index is -0.190. The van der Waals surface area contributed by atoms with Gasteiger partial charge in [0.25, 0.3) is 5.91 Å². The third kappa shape index (κ3) is 5.94. The number of aromatic nitrogens is 2. The molecule has 4 aromatic rings. The van der Waals surface area contributed by atoms with E-state index in [0.29, 0.717) is 35.9 Å². The molecule has 0 aliphatic carbocycles. The quantitative estimate of drug-likeness (QED) is 0.305. The van der Waals surface area contributed by atoms with Gasteiger partial charge in [0, 0.05) is 5.56 Å². The molecule has 4 rings (SSSR count). The first-order chi connectivity index (χ1) is 17.8. The molecule has 0 unspecified atom stereocenters. The Labute approximate surface area is 218 Å². The van der Waals surface area contributed by atoms with Gasteiger partial charge in [-0.25, -0.2) is 0 Å². The highest BCUT2D eigenvalue weighted by molar-refractivity contribution is 6.05. The van der Waals surface area contributed by atoms with Gasteiger partial charge in [0.1, 0.15) is 12.4 Å². The second kappa shape index (κ2) is 11.2. The Hall–Kier alpha value is -4.26. The summed E-state index contributed by atoms with van der Waals surface area (Å²) < 4.78 is 18.6. The number of ether oxygens (including phenoxy) is 3. The molecular weight excluding hydrogens is 466 g/mol. The van der Waals surface area contributed by atoms with Gasteiger partial charge in [-0.05, 0) is 74.7 Å². The highest BCUT2D eigenvalue weighted by Crippen LogP contribution is 2.29. The van der Waals surface area contributed by atoms with Gasteiger partial charge < -0.3 is 19.5 Å². The lowest BCUT2D eigenvalue weighted by atomic mass is 10.1. The van der Waals surface area contributed by atoms with Crippen molar-refractivity contribution in [2.75, 3.05) is 19.5 Å². The Morgan fingerprint density at radius 1 is 0.865 bits per heavy atom. The molecule has 1 N–H and O–H groups in total. The summed E-state index contributed by atoms with van der Waals surface area (Å²) in [5.41, 5.74) is 7.11. The van der Waals surface area contributed by atoms with E-state index in [2.05, 4.69) is 23.4 Å². The minimum absolute atomic E-state index is 0.190. The van der Waals surface area contributed by atoms with Crippen LogP contribution in [0.4, 0.5) is 5.69 Å². The third-order valence-electron chi connectivity index (χ3n) is 6.31. The highest BCUT2D eigenvalue weighted by Gasteiger charge is 2.16. The lowest BCUT2D eigenvalue weighted by molar-refractivity contribution is 0.102. The summed E-state index contributed by atoms with van der Waals surface area (Å²) in [6, 6.07) is 19.4. The van der Waals surface area contributed by atoms with E-state index in [1.807, 2.05) is 74.0 Å². The van der Waals surface area contributed by atoms with Crippen LogP contribution in [0, 0.1) is 27.7 Å². The maximum atomic E-state index is 13.1. The lowest BCUT2D eigenvalue weighted by Crippen LogP contribution is -2.14. The number of hydrogen-bond acceptors (Lipinski definition) is 5. The summed E-state index contributed by atoms with van der Waals surface area (Å²) >= 11 is 0. The Kier molecular flexibility index (Phi) is 7.82. The summed E-state index contributed by atoms with van der Waals surface area (Å²) in [6.45, 7) is 8.84. The van der Waals surface area contributed by atoms with Crippen LogP contribution in [-0.2, 0) is 13.2 Å². The van der Waals surface area contributed by atoms with Gasteiger partial charge in [-0.15, -0.1) is 0 Å². The van der Waals surface area contributed by atoms with Gasteiger partial charge in [0.05, 0.1) is 37.8 Å². The maximum absolute atomic E-state index is 13.1. The second-order valence-corrected chi connectivity index (χ2v) is 9.10. The van der Waals surface area contributed by atoms with E-state index in [4.69, 9.17) is 14.2 Å². The van der Waals surface area contributed by atoms with Crippen molar-refractivity contribution in [3.8, 4) is 17.2 Å². The van der Waals surface area contributed by atoms with Crippen LogP contribution in [-0.4, -0.2) is 29.9 Å². The summed E-state index contributed by atoms with van der Waals surface area (Å²) in [5, 5.41) is 7.71. The van der Waals surface area contributed by atoms with Gasteiger partial charge in [-0.2, -0.15) is 5.10 Å². The number of benzene rings is 3. The molecule has 7 nitrogen and oxygen atoms in total. The molecule has 3 aromatic carbocycles. The van der Waals surface area contributed by atoms with Crippen molar-refractivity contribution < 1.29 is 19.0 Å². The molecule has 1 amide bonds. The zero-order valence-corrected chi connectivity index (χ0v) is 22.2. The molecule has 0 saturated carbocycles. The van der Waals surface area contributed by atoms with Crippen molar-refractivity contribution in [1.82, 2.24) is 9.78 Å². The topological polar surface area (TPSA) is 74.6 Å². The molecular formula is C30H33N3O4. The van der Waals surface area contributed by atoms with E-state index in [0.717, 1.165) is 33.8 Å². The molecule has 192 valence electrons. The van der Waals surface area contributed by atoms with Crippen molar-refractivity contribution >= 4 is 11.6 Å². The van der Waals surface area contributed by atoms with Crippen LogP contribution in [0.3, 0.4) is 0 Å². The van der Waals surface area contributed by atoms with Gasteiger partial charge in [-0.3, -0.25) is 9.48 Å². The Balaban J connectivity index is 1.46. The standard InChI is InChI=1S/C30H33N3O4/c1-19-10-12-26(20(2)14-19)37-18-24-8-7-9-25(15-24)30(34)31-29-21(3)32-33(22(29)4)17-23-11-13-27(35-5)28(16-23)36-6/h7-16H,17-18H2,1-6H3,(H,31,34). The van der Waals surface area contributed by atoms with E-state index >= 15 is 0 Å². The molecule has 1 aromatic heterocycles. The highest BCUT2D eigenvalue weighted by atomic mass is 16.5. The van der Waals surface area contributed by atoms with Crippen LogP contribution in [0.1, 0.15) is 44.0 Å². The fraction of sp³-hybridized carbons (Fsp3) is 0.267. The smallest absolute Gasteiger partial charge is 0.255 e. The van der Waals surface area contributed by atoms with Crippen molar-refractivity contribution in [1.29, 1.82) is 0 Å². The molecule has 0 bridgehead atoms. The van der Waals surface area contributed by atoms with E-state index in [1.54, 1.807) is 20.3 Å². The average molecular weight is 500 g/mol. The SMILES string of the molecule is COc1ccc(Cn2nc(C)c(NC(=O)c3cccc(COc4ccc(C)cc4C)c3)c2C)cc1OC. The average Bonchev–Trinajstić information content (AvgIpc) is 3.15. The maximum Gasteiger partial charge on any atom is 0.255 e. The van der Waals surface area contributed by atoms with Crippen molar-refractivity contribution in [2.45, 2.75) is 40.8 Å². The van der Waals surface area contributed by atoms with E-state index in [-0.39, 0.29) is 5.91 Å². The molecule has 0 aliphatic heterocycles. The van der Waals surface area contributed by atoms with Gasteiger partial charge in [0.2, 0.25) is 0 Å². The largest absolute Gasteiger partial charge is 0.493 e. The van der Waals surface area contributed by atoms with Gasteiger partial charge in [0.15, 0.2) is 11.5 Å². The first-order valence-corrected chi connectivity index (χ1v) is 12.1. The number of carbonyl (C=O) groups is 1. The number of amides is 1. The molecule has 0 aliphatic rings. The fourth-order valence-electron chi connectivity index (χ4n) is 4.29. The van der Waals surface area contributed by atoms with Crippen molar-refractivity contribution in [3.63, 3.8) is 0 Å². The number of anilines is 1. The first kappa shape index (κ1) is 25.8. The molecule has 37 heavy (non-hydrogen) atoms. The van der Waals surface area contributed by atoms with Gasteiger partial charge >= 0.3 is 0 Å². The number of rotatable bonds is 9. The molecule has 0 fully saturated rings. The predicted octanol–water partition coefficient (Wildman–Crippen LogP) is 6.01. The monoisotopic (exact) mass is 499 g/mol. The molecule has 7 heteroatoms. The number of hydrogen-bond donors (Lipinski definition) is 1. The third-order valence-corrected chi connectivity index (χ3v) is 6.31. The number of carbonyl (C=O) groups excluding carboxylic acids is 1. The predicted molar refractivity (Wildman–Crippen MR) is 145 cm³/mol. The lowest BCUT2D eigenvalue weighted by Gasteiger charge is -2.12. The molecule has 0 saturated heterocycles. The number of methoxy groups -OCH3 is 2. The van der Waals surface area contributed by atoms with Crippen LogP contribution in [0.25, 0.3) is 0 Å². The zero-order chi connectivity index (χ0) is 26.5. The zero-order valence-electron chi connectivity index (χ0n) is 22.2. The summed E-state index contributed by atoms with van der Waals surface area (Å²) in [5.74, 6) is 1.99. The molecule has 0 radical (unpaired) electrons. The Bertz CT molecular complexity index is 1420. The number of aryl methyl sites for hydroxylation is 3. The fourth-order valence-corrected chi connectivity index (χ4v) is 4.29. The Morgan fingerprint density at radius 3 is 2.35 bits per heavy atom. The Morgan fingerprint density at radius 2 is 1.62 bits per heavy atom. The van der Waals surface area contributed by atoms with Crippen LogP contribution in [0.2, 0.25) is 0 Å². The number of nitrogens with zero attached hydrogens (tertiary/aromatic N) is 2. The summed E-state index contributed by atoms with van der Waals surface area (Å²) in [6.07, 6.45) is 0. The van der Waals surface area contributed by atoms with Crippen molar-refractivity contribution in [2.24, 2.45) is 0 Å². The molecule has 0 atom stereocenters. The first-order valence-electron chi connectivity index (χ1n) is 12.1. The summed E-state index contributed by atoms with van der Waals surface area (Å²) in [4.78, 5) is 13.1. The summed E-state index contributed by atoms with van der Waals surface area (Å²) in [7, 11) is 3.23. The second-order valence-electron chi connectivity index (χ2n) is 9.10. The van der Waals surface area contributed by atoms with E-state index in [9.17, 15) is 4.79 Å². The van der Waals surface area contributed by atoms with Crippen LogP contribution in [0.15, 0.2) is 60.7 Å². The van der Waals surface area contributed by atoms with E-state index in [1.165, 1.54) is 5.56 Å². The van der Waals surface area contributed by atoms with Crippen LogP contribution in [0.5, 0.6) is 17.2 Å². The minimum Gasteiger partial charge on any atom is -0.493 e. The molecule has 1 heterocycles. The van der Waals surface area contributed by atoms with Crippen molar-refractivity contribution in [3.05, 3.63) is 99.9 Å². The van der Waals surface area contributed by atoms with Crippen LogP contribution < -0.4 is 19.5 Å². The normalized spacial score (nSPS) is 10.8. The molecule has 0 spiro atoms. The number of nitrogens with one attached hydrogen (secondary N) is 1.